The molecular weight excluding hydrogens is 492 g/mol. The zero-order valence-corrected chi connectivity index (χ0v) is 19.1. The van der Waals surface area contributed by atoms with Crippen molar-refractivity contribution in [3.05, 3.63) is 64.2 Å². The number of aromatic nitrogens is 3. The maximum Gasteiger partial charge on any atom is 0.435 e. The normalized spacial score (nSPS) is 13.0. The number of benzene rings is 1. The molecule has 0 saturated carbocycles. The van der Waals surface area contributed by atoms with Crippen LogP contribution in [0.1, 0.15) is 32.7 Å². The van der Waals surface area contributed by atoms with E-state index in [4.69, 9.17) is 14.8 Å². The molecule has 3 aromatic rings. The first-order chi connectivity index (χ1) is 16.2. The number of halogens is 4. The van der Waals surface area contributed by atoms with E-state index in [0.29, 0.717) is 0 Å². The van der Waals surface area contributed by atoms with Crippen molar-refractivity contribution < 1.29 is 31.3 Å². The average molecular weight is 508 g/mol. The fraction of sp³-hybridized carbons (Fsp3) is 0.190. The minimum Gasteiger partial charge on any atom is -0.418 e. The van der Waals surface area contributed by atoms with Crippen LogP contribution in [0.15, 0.2) is 35.2 Å². The number of carbonyl (C=O) groups is 1. The van der Waals surface area contributed by atoms with Gasteiger partial charge in [0.1, 0.15) is 17.2 Å². The first-order valence-electron chi connectivity index (χ1n) is 9.57. The molecule has 1 amide bonds. The zero-order chi connectivity index (χ0) is 26.1. The van der Waals surface area contributed by atoms with Crippen LogP contribution in [0.2, 0.25) is 0 Å². The van der Waals surface area contributed by atoms with Crippen molar-refractivity contribution in [2.45, 2.75) is 24.9 Å². The van der Waals surface area contributed by atoms with E-state index in [0.717, 1.165) is 13.0 Å². The summed E-state index contributed by atoms with van der Waals surface area (Å²) in [6, 6.07) is 8.12. The van der Waals surface area contributed by atoms with Crippen LogP contribution in [0.25, 0.3) is 0 Å². The topological polar surface area (TPSA) is 142 Å². The third-order valence-electron chi connectivity index (χ3n) is 4.66. The van der Waals surface area contributed by atoms with E-state index in [-0.39, 0.29) is 21.7 Å². The largest absolute Gasteiger partial charge is 0.435 e. The first-order valence-corrected chi connectivity index (χ1v) is 11.5. The Bertz CT molecular complexity index is 1480. The molecule has 0 aliphatic heterocycles. The van der Waals surface area contributed by atoms with Crippen LogP contribution < -0.4 is 10.1 Å². The fourth-order valence-electron chi connectivity index (χ4n) is 2.97. The summed E-state index contributed by atoms with van der Waals surface area (Å²) < 4.78 is 79.4. The number of amides is 1. The van der Waals surface area contributed by atoms with E-state index in [2.05, 4.69) is 20.5 Å². The van der Waals surface area contributed by atoms with Crippen LogP contribution in [0.5, 0.6) is 11.8 Å². The van der Waals surface area contributed by atoms with Crippen molar-refractivity contribution in [2.75, 3.05) is 11.6 Å². The van der Waals surface area contributed by atoms with Crippen LogP contribution in [0, 0.1) is 35.9 Å². The van der Waals surface area contributed by atoms with Gasteiger partial charge in [-0.05, 0) is 43.7 Å². The van der Waals surface area contributed by atoms with Crippen molar-refractivity contribution in [1.82, 2.24) is 15.2 Å². The van der Waals surface area contributed by atoms with E-state index in [1.807, 2.05) is 0 Å². The summed E-state index contributed by atoms with van der Waals surface area (Å²) in [6.07, 6.45) is -3.78. The molecule has 2 heterocycles. The van der Waals surface area contributed by atoms with Crippen molar-refractivity contribution in [3.63, 3.8) is 0 Å². The Morgan fingerprint density at radius 3 is 2.49 bits per heavy atom. The van der Waals surface area contributed by atoms with E-state index in [9.17, 15) is 26.6 Å². The number of nitrogens with one attached hydrogen (secondary N) is 2. The zero-order valence-electron chi connectivity index (χ0n) is 18.3. The molecule has 1 aromatic carbocycles. The van der Waals surface area contributed by atoms with Crippen LogP contribution in [0.4, 0.5) is 23.2 Å². The smallest absolute Gasteiger partial charge is 0.418 e. The molecule has 0 radical (unpaired) electrons. The summed E-state index contributed by atoms with van der Waals surface area (Å²) in [5, 5.41) is 17.8. The molecule has 9 nitrogen and oxygen atoms in total. The minimum atomic E-state index is -4.95. The minimum absolute atomic E-state index is 0.0452. The van der Waals surface area contributed by atoms with Gasteiger partial charge in [-0.3, -0.25) is 4.79 Å². The highest BCUT2D eigenvalue weighted by molar-refractivity contribution is 7.91. The number of anilines is 1. The number of rotatable bonds is 5. The van der Waals surface area contributed by atoms with E-state index >= 15 is 0 Å². The van der Waals surface area contributed by atoms with Crippen LogP contribution >= 0.6 is 0 Å². The molecule has 35 heavy (non-hydrogen) atoms. The predicted molar refractivity (Wildman–Crippen MR) is 115 cm³/mol. The molecule has 0 fully saturated rings. The van der Waals surface area contributed by atoms with Crippen LogP contribution in [0.3, 0.4) is 0 Å². The molecule has 0 saturated heterocycles. The molecule has 2 N–H and O–H groups in total. The van der Waals surface area contributed by atoms with Gasteiger partial charge in [0.05, 0.1) is 9.73 Å². The maximum absolute atomic E-state index is 14.0. The van der Waals surface area contributed by atoms with Crippen molar-refractivity contribution in [3.8, 4) is 17.8 Å². The molecule has 3 rings (SSSR count). The van der Waals surface area contributed by atoms with Gasteiger partial charge in [0.25, 0.3) is 11.8 Å². The molecule has 14 heteroatoms. The second-order valence-electron chi connectivity index (χ2n) is 7.34. The number of carbonyl (C=O) groups excluding carboxylic acids is 1. The lowest BCUT2D eigenvalue weighted by atomic mass is 10.1. The number of nitriles is 1. The number of aryl methyl sites for hydroxylation is 1. The lowest BCUT2D eigenvalue weighted by Crippen LogP contribution is -2.21. The van der Waals surface area contributed by atoms with E-state index in [1.54, 1.807) is 6.07 Å². The van der Waals surface area contributed by atoms with Gasteiger partial charge in [-0.2, -0.15) is 27.8 Å². The van der Waals surface area contributed by atoms with Gasteiger partial charge in [0.15, 0.2) is 5.69 Å². The van der Waals surface area contributed by atoms with Crippen molar-refractivity contribution in [1.29, 1.82) is 10.0 Å². The quantitative estimate of drug-likeness (QED) is 0.379. The Kier molecular flexibility index (Phi) is 6.75. The standard InChI is InChI=1S/C21H16F4N6O3S/c1-10-7-12(9-26)17(22)29-19(10)34-20-15(11(2)16(30-31-20)21(23,24)25)18(32)28-13-5-4-6-14(8-13)35(3,27)33/h4-8,27H,1-3H3,(H,28,32). The van der Waals surface area contributed by atoms with Crippen LogP contribution in [-0.2, 0) is 15.9 Å². The SMILES string of the molecule is Cc1cc(C#N)c(F)nc1Oc1nnc(C(F)(F)F)c(C)c1C(=O)Nc1cccc(S(C)(=N)=O)c1. The molecule has 182 valence electrons. The van der Waals surface area contributed by atoms with Gasteiger partial charge in [0, 0.05) is 22.4 Å². The highest BCUT2D eigenvalue weighted by atomic mass is 32.2. The molecule has 1 atom stereocenters. The summed E-state index contributed by atoms with van der Waals surface area (Å²) in [5.41, 5.74) is -2.92. The third-order valence-corrected chi connectivity index (χ3v) is 5.81. The molecule has 0 aliphatic carbocycles. The van der Waals surface area contributed by atoms with E-state index < -0.39 is 56.3 Å². The Labute approximate surface area is 196 Å². The van der Waals surface area contributed by atoms with Gasteiger partial charge < -0.3 is 10.1 Å². The molecular formula is C21H16F4N6O3S. The summed E-state index contributed by atoms with van der Waals surface area (Å²) >= 11 is 0. The number of alkyl halides is 3. The Hall–Kier alpha value is -4.12. The van der Waals surface area contributed by atoms with Gasteiger partial charge >= 0.3 is 6.18 Å². The van der Waals surface area contributed by atoms with Crippen molar-refractivity contribution in [2.24, 2.45) is 0 Å². The molecule has 2 aromatic heterocycles. The summed E-state index contributed by atoms with van der Waals surface area (Å²) in [5.74, 6) is -3.41. The number of nitrogens with zero attached hydrogens (tertiary/aromatic N) is 4. The summed E-state index contributed by atoms with van der Waals surface area (Å²) in [7, 11) is -3.14. The lowest BCUT2D eigenvalue weighted by Gasteiger charge is -2.16. The van der Waals surface area contributed by atoms with Crippen LogP contribution in [-0.4, -0.2) is 31.6 Å². The maximum atomic E-state index is 14.0. The highest BCUT2D eigenvalue weighted by Crippen LogP contribution is 2.35. The lowest BCUT2D eigenvalue weighted by molar-refractivity contribution is -0.142. The Balaban J connectivity index is 2.11. The number of ether oxygens (including phenoxy) is 1. The third kappa shape index (κ3) is 5.52. The van der Waals surface area contributed by atoms with Gasteiger partial charge in [-0.25, -0.2) is 8.99 Å². The monoisotopic (exact) mass is 508 g/mol. The Morgan fingerprint density at radius 1 is 1.20 bits per heavy atom. The molecule has 0 spiro atoms. The predicted octanol–water partition coefficient (Wildman–Crippen LogP) is 4.60. The fourth-order valence-corrected chi connectivity index (χ4v) is 3.66. The highest BCUT2D eigenvalue weighted by Gasteiger charge is 2.38. The van der Waals surface area contributed by atoms with Gasteiger partial charge in [-0.1, -0.05) is 6.07 Å². The number of hydrogen-bond donors (Lipinski definition) is 2. The average Bonchev–Trinajstić information content (AvgIpc) is 2.74. The number of pyridine rings is 1. The number of hydrogen-bond acceptors (Lipinski definition) is 8. The van der Waals surface area contributed by atoms with E-state index in [1.165, 1.54) is 37.4 Å². The summed E-state index contributed by atoms with van der Waals surface area (Å²) in [4.78, 5) is 16.6. The van der Waals surface area contributed by atoms with Crippen molar-refractivity contribution >= 4 is 21.3 Å². The molecule has 0 bridgehead atoms. The van der Waals surface area contributed by atoms with Gasteiger partial charge in [0.2, 0.25) is 11.8 Å². The summed E-state index contributed by atoms with van der Waals surface area (Å²) in [6.45, 7) is 2.39. The second kappa shape index (κ2) is 9.26. The molecule has 0 aliphatic rings. The molecule has 1 unspecified atom stereocenters. The second-order valence-corrected chi connectivity index (χ2v) is 9.50. The first kappa shape index (κ1) is 25.5. The van der Waals surface area contributed by atoms with Gasteiger partial charge in [-0.15, -0.1) is 10.2 Å². The Morgan fingerprint density at radius 2 is 1.89 bits per heavy atom.